The van der Waals surface area contributed by atoms with Gasteiger partial charge in [0.2, 0.25) is 0 Å². The molecule has 0 spiro atoms. The zero-order chi connectivity index (χ0) is 16.5. The van der Waals surface area contributed by atoms with Crippen LogP contribution >= 0.6 is 11.3 Å². The molecule has 0 saturated heterocycles. The molecule has 22 heavy (non-hydrogen) atoms. The SMILES string of the molecule is Cc1sc(C(N)=O)cc1NC(=O)c1cccnc1C(F)(F)F. The van der Waals surface area contributed by atoms with Gasteiger partial charge in [0.1, 0.15) is 0 Å². The summed E-state index contributed by atoms with van der Waals surface area (Å²) in [6.07, 6.45) is -3.78. The Morgan fingerprint density at radius 3 is 2.59 bits per heavy atom. The number of aromatic nitrogens is 1. The summed E-state index contributed by atoms with van der Waals surface area (Å²) in [7, 11) is 0. The lowest BCUT2D eigenvalue weighted by Gasteiger charge is -2.11. The minimum atomic E-state index is -4.74. The molecule has 0 fully saturated rings. The molecule has 3 N–H and O–H groups in total. The van der Waals surface area contributed by atoms with E-state index >= 15 is 0 Å². The van der Waals surface area contributed by atoms with Gasteiger partial charge >= 0.3 is 6.18 Å². The van der Waals surface area contributed by atoms with Crippen LogP contribution in [0.3, 0.4) is 0 Å². The van der Waals surface area contributed by atoms with E-state index in [-0.39, 0.29) is 10.6 Å². The average Bonchev–Trinajstić information content (AvgIpc) is 2.79. The van der Waals surface area contributed by atoms with Crippen LogP contribution in [-0.4, -0.2) is 16.8 Å². The second-order valence-corrected chi connectivity index (χ2v) is 5.55. The summed E-state index contributed by atoms with van der Waals surface area (Å²) in [6, 6.07) is 3.59. The molecule has 0 bridgehead atoms. The minimum absolute atomic E-state index is 0.204. The molecule has 0 aliphatic carbocycles. The molecule has 0 radical (unpaired) electrons. The van der Waals surface area contributed by atoms with Gasteiger partial charge in [0.05, 0.1) is 16.1 Å². The molecule has 2 aromatic rings. The summed E-state index contributed by atoms with van der Waals surface area (Å²) in [5, 5.41) is 2.34. The van der Waals surface area contributed by atoms with Crippen LogP contribution in [-0.2, 0) is 6.18 Å². The molecule has 0 unspecified atom stereocenters. The minimum Gasteiger partial charge on any atom is -0.365 e. The number of nitrogens with two attached hydrogens (primary N) is 1. The van der Waals surface area contributed by atoms with Crippen molar-refractivity contribution in [1.29, 1.82) is 0 Å². The van der Waals surface area contributed by atoms with E-state index in [0.717, 1.165) is 23.6 Å². The Morgan fingerprint density at radius 1 is 1.36 bits per heavy atom. The number of rotatable bonds is 3. The monoisotopic (exact) mass is 329 g/mol. The Morgan fingerprint density at radius 2 is 2.05 bits per heavy atom. The summed E-state index contributed by atoms with van der Waals surface area (Å²) >= 11 is 1.04. The Balaban J connectivity index is 2.33. The smallest absolute Gasteiger partial charge is 0.365 e. The highest BCUT2D eigenvalue weighted by Crippen LogP contribution is 2.31. The predicted molar refractivity (Wildman–Crippen MR) is 74.8 cm³/mol. The molecule has 0 aliphatic rings. The molecule has 2 rings (SSSR count). The number of nitrogens with one attached hydrogen (secondary N) is 1. The Bertz CT molecular complexity index is 740. The first kappa shape index (κ1) is 16.0. The number of nitrogens with zero attached hydrogens (tertiary/aromatic N) is 1. The molecule has 2 aromatic heterocycles. The molecule has 0 atom stereocenters. The van der Waals surface area contributed by atoms with Crippen molar-refractivity contribution >= 4 is 28.8 Å². The number of halogens is 3. The molecule has 0 aromatic carbocycles. The summed E-state index contributed by atoms with van der Waals surface area (Å²) in [5.41, 5.74) is 3.49. The first-order valence-corrected chi connectivity index (χ1v) is 6.75. The number of primary amides is 1. The van der Waals surface area contributed by atoms with Crippen LogP contribution in [0.2, 0.25) is 0 Å². The van der Waals surface area contributed by atoms with Crippen LogP contribution in [0, 0.1) is 6.92 Å². The van der Waals surface area contributed by atoms with Gasteiger partial charge in [0, 0.05) is 11.1 Å². The highest BCUT2D eigenvalue weighted by atomic mass is 32.1. The van der Waals surface area contributed by atoms with E-state index in [9.17, 15) is 22.8 Å². The van der Waals surface area contributed by atoms with Gasteiger partial charge in [0.25, 0.3) is 11.8 Å². The zero-order valence-electron chi connectivity index (χ0n) is 11.2. The van der Waals surface area contributed by atoms with Crippen molar-refractivity contribution in [3.63, 3.8) is 0 Å². The highest BCUT2D eigenvalue weighted by molar-refractivity contribution is 7.14. The van der Waals surface area contributed by atoms with Crippen molar-refractivity contribution < 1.29 is 22.8 Å². The lowest BCUT2D eigenvalue weighted by molar-refractivity contribution is -0.141. The number of hydrogen-bond donors (Lipinski definition) is 2. The first-order chi connectivity index (χ1) is 10.2. The maximum atomic E-state index is 12.8. The fraction of sp³-hybridized carbons (Fsp3) is 0.154. The van der Waals surface area contributed by atoms with E-state index in [1.54, 1.807) is 6.92 Å². The van der Waals surface area contributed by atoms with E-state index in [1.165, 1.54) is 12.1 Å². The first-order valence-electron chi connectivity index (χ1n) is 5.94. The van der Waals surface area contributed by atoms with Crippen molar-refractivity contribution in [3.8, 4) is 0 Å². The number of carbonyl (C=O) groups is 2. The van der Waals surface area contributed by atoms with E-state index in [2.05, 4.69) is 10.3 Å². The van der Waals surface area contributed by atoms with Gasteiger partial charge in [0.15, 0.2) is 5.69 Å². The molecule has 5 nitrogen and oxygen atoms in total. The number of anilines is 1. The van der Waals surface area contributed by atoms with Gasteiger partial charge in [-0.25, -0.2) is 0 Å². The quantitative estimate of drug-likeness (QED) is 0.908. The van der Waals surface area contributed by atoms with Crippen LogP contribution < -0.4 is 11.1 Å². The second-order valence-electron chi connectivity index (χ2n) is 4.30. The number of thiophene rings is 1. The van der Waals surface area contributed by atoms with Crippen molar-refractivity contribution in [1.82, 2.24) is 4.98 Å². The summed E-state index contributed by atoms with van der Waals surface area (Å²) in [6.45, 7) is 1.61. The predicted octanol–water partition coefficient (Wildman–Crippen LogP) is 2.82. The van der Waals surface area contributed by atoms with Gasteiger partial charge in [-0.2, -0.15) is 13.2 Å². The van der Waals surface area contributed by atoms with Gasteiger partial charge in [-0.05, 0) is 25.1 Å². The maximum absolute atomic E-state index is 12.8. The summed E-state index contributed by atoms with van der Waals surface area (Å²) in [4.78, 5) is 27.1. The number of pyridine rings is 1. The Kier molecular flexibility index (Phi) is 4.18. The zero-order valence-corrected chi connectivity index (χ0v) is 12.0. The molecule has 2 amide bonds. The van der Waals surface area contributed by atoms with E-state index < -0.39 is 29.2 Å². The fourth-order valence-corrected chi connectivity index (χ4v) is 2.56. The van der Waals surface area contributed by atoms with E-state index in [4.69, 9.17) is 5.73 Å². The largest absolute Gasteiger partial charge is 0.434 e. The molecule has 0 aliphatic heterocycles. The molecular weight excluding hydrogens is 319 g/mol. The summed E-state index contributed by atoms with van der Waals surface area (Å²) < 4.78 is 38.5. The van der Waals surface area contributed by atoms with Crippen LogP contribution in [0.25, 0.3) is 0 Å². The lowest BCUT2D eigenvalue weighted by atomic mass is 10.1. The van der Waals surface area contributed by atoms with E-state index in [0.29, 0.717) is 4.88 Å². The van der Waals surface area contributed by atoms with Gasteiger partial charge in [-0.3, -0.25) is 14.6 Å². The molecule has 9 heteroatoms. The molecule has 116 valence electrons. The van der Waals surface area contributed by atoms with Gasteiger partial charge in [-0.15, -0.1) is 11.3 Å². The topological polar surface area (TPSA) is 85.1 Å². The van der Waals surface area contributed by atoms with Gasteiger partial charge in [-0.1, -0.05) is 0 Å². The maximum Gasteiger partial charge on any atom is 0.434 e. The number of hydrogen-bond acceptors (Lipinski definition) is 4. The van der Waals surface area contributed by atoms with Crippen LogP contribution in [0.5, 0.6) is 0 Å². The Hall–Kier alpha value is -2.42. The number of alkyl halides is 3. The number of amides is 2. The normalized spacial score (nSPS) is 11.3. The van der Waals surface area contributed by atoms with Gasteiger partial charge < -0.3 is 11.1 Å². The standard InChI is InChI=1S/C13H10F3N3O2S/c1-6-8(5-9(22-6)11(17)20)19-12(21)7-3-2-4-18-10(7)13(14,15)16/h2-5H,1H3,(H2,17,20)(H,19,21). The summed E-state index contributed by atoms with van der Waals surface area (Å²) in [5.74, 6) is -1.64. The number of carbonyl (C=O) groups excluding carboxylic acids is 2. The Labute approximate surface area is 127 Å². The third-order valence-electron chi connectivity index (χ3n) is 2.73. The average molecular weight is 329 g/mol. The third kappa shape index (κ3) is 3.25. The molecule has 0 saturated carbocycles. The molecule has 2 heterocycles. The van der Waals surface area contributed by atoms with E-state index in [1.807, 2.05) is 0 Å². The van der Waals surface area contributed by atoms with Crippen LogP contribution in [0.4, 0.5) is 18.9 Å². The van der Waals surface area contributed by atoms with Crippen molar-refractivity contribution in [2.75, 3.05) is 5.32 Å². The fourth-order valence-electron chi connectivity index (χ4n) is 1.73. The van der Waals surface area contributed by atoms with Crippen molar-refractivity contribution in [2.45, 2.75) is 13.1 Å². The van der Waals surface area contributed by atoms with Crippen LogP contribution in [0.1, 0.15) is 30.6 Å². The molecular formula is C13H10F3N3O2S. The lowest BCUT2D eigenvalue weighted by Crippen LogP contribution is -2.20. The second kappa shape index (κ2) is 5.76. The van der Waals surface area contributed by atoms with Crippen LogP contribution in [0.15, 0.2) is 24.4 Å². The number of aryl methyl sites for hydroxylation is 1. The highest BCUT2D eigenvalue weighted by Gasteiger charge is 2.37. The van der Waals surface area contributed by atoms with Crippen molar-refractivity contribution in [3.05, 3.63) is 45.4 Å². The van der Waals surface area contributed by atoms with Crippen molar-refractivity contribution in [2.24, 2.45) is 5.73 Å². The third-order valence-corrected chi connectivity index (χ3v) is 3.79.